The van der Waals surface area contributed by atoms with Gasteiger partial charge in [-0.05, 0) is 6.92 Å². The molecule has 2 rings (SSSR count). The van der Waals surface area contributed by atoms with Crippen LogP contribution in [0.1, 0.15) is 13.3 Å². The molecule has 4 nitrogen and oxygen atoms in total. The largest absolute Gasteiger partial charge is 0.325 e. The van der Waals surface area contributed by atoms with Crippen molar-refractivity contribution in [3.63, 3.8) is 0 Å². The van der Waals surface area contributed by atoms with Crippen LogP contribution in [0.15, 0.2) is 0 Å². The molecule has 2 aliphatic heterocycles. The Balaban J connectivity index is 2.28. The summed E-state index contributed by atoms with van der Waals surface area (Å²) in [4.78, 5) is 23.8. The molecular weight excluding hydrogens is 176 g/mol. The Bertz CT molecular complexity index is 256. The van der Waals surface area contributed by atoms with Crippen LogP contribution < -0.4 is 5.32 Å². The van der Waals surface area contributed by atoms with Gasteiger partial charge in [0.2, 0.25) is 5.91 Å². The molecule has 0 aromatic heterocycles. The summed E-state index contributed by atoms with van der Waals surface area (Å²) in [6.07, 6.45) is 0.420. The first kappa shape index (κ1) is 7.91. The quantitative estimate of drug-likeness (QED) is 0.595. The third-order valence-corrected chi connectivity index (χ3v) is 3.65. The van der Waals surface area contributed by atoms with E-state index in [2.05, 4.69) is 5.32 Å². The second kappa shape index (κ2) is 2.39. The second-order valence-electron chi connectivity index (χ2n) is 3.21. The molecule has 0 saturated carbocycles. The van der Waals surface area contributed by atoms with Crippen LogP contribution in [-0.2, 0) is 4.79 Å². The molecule has 2 fully saturated rings. The average molecular weight is 186 g/mol. The molecule has 66 valence electrons. The molecule has 1 N–H and O–H groups in total. The minimum atomic E-state index is -0.278. The maximum Gasteiger partial charge on any atom is 0.325 e. The van der Waals surface area contributed by atoms with Gasteiger partial charge in [0.25, 0.3) is 0 Å². The van der Waals surface area contributed by atoms with E-state index >= 15 is 0 Å². The Morgan fingerprint density at radius 1 is 1.58 bits per heavy atom. The fourth-order valence-electron chi connectivity index (χ4n) is 1.66. The summed E-state index contributed by atoms with van der Waals surface area (Å²) in [6.45, 7) is 2.70. The standard InChI is InChI=1S/C7H10N2O2S/c1-7-4-5(10)8-6(11)9(7)2-3-12-7/h2-4H2,1H3,(H,8,10,11). The van der Waals surface area contributed by atoms with Gasteiger partial charge in [-0.2, -0.15) is 0 Å². The summed E-state index contributed by atoms with van der Waals surface area (Å²) in [5.41, 5.74) is 0. The molecule has 0 aromatic rings. The van der Waals surface area contributed by atoms with E-state index in [0.29, 0.717) is 6.42 Å². The van der Waals surface area contributed by atoms with Crippen molar-refractivity contribution < 1.29 is 9.59 Å². The molecule has 0 bridgehead atoms. The van der Waals surface area contributed by atoms with Crippen molar-refractivity contribution in [1.29, 1.82) is 0 Å². The van der Waals surface area contributed by atoms with Gasteiger partial charge in [0.15, 0.2) is 0 Å². The minimum Gasteiger partial charge on any atom is -0.309 e. The first-order valence-corrected chi connectivity index (χ1v) is 4.86. The van der Waals surface area contributed by atoms with E-state index in [1.807, 2.05) is 6.92 Å². The number of carbonyl (C=O) groups excluding carboxylic acids is 2. The van der Waals surface area contributed by atoms with Gasteiger partial charge in [-0.3, -0.25) is 10.1 Å². The molecule has 2 heterocycles. The Kier molecular flexibility index (Phi) is 1.57. The van der Waals surface area contributed by atoms with Crippen molar-refractivity contribution in [1.82, 2.24) is 10.2 Å². The van der Waals surface area contributed by atoms with E-state index in [9.17, 15) is 9.59 Å². The molecule has 2 saturated heterocycles. The zero-order chi connectivity index (χ0) is 8.77. The van der Waals surface area contributed by atoms with Gasteiger partial charge in [-0.25, -0.2) is 4.79 Å². The summed E-state index contributed by atoms with van der Waals surface area (Å²) in [7, 11) is 0. The molecule has 12 heavy (non-hydrogen) atoms. The lowest BCUT2D eigenvalue weighted by Gasteiger charge is -2.37. The summed E-state index contributed by atoms with van der Waals surface area (Å²) in [5.74, 6) is 0.769. The van der Waals surface area contributed by atoms with Gasteiger partial charge in [0, 0.05) is 12.3 Å². The van der Waals surface area contributed by atoms with E-state index < -0.39 is 0 Å². The normalized spacial score (nSPS) is 34.9. The van der Waals surface area contributed by atoms with Gasteiger partial charge in [0.1, 0.15) is 0 Å². The number of imide groups is 1. The van der Waals surface area contributed by atoms with E-state index in [-0.39, 0.29) is 16.8 Å². The predicted octanol–water partition coefficient (Wildman–Crippen LogP) is 0.391. The van der Waals surface area contributed by atoms with Crippen molar-refractivity contribution in [3.8, 4) is 0 Å². The molecule has 0 radical (unpaired) electrons. The van der Waals surface area contributed by atoms with Crippen LogP contribution in [0, 0.1) is 0 Å². The predicted molar refractivity (Wildman–Crippen MR) is 45.7 cm³/mol. The van der Waals surface area contributed by atoms with Crippen LogP contribution in [-0.4, -0.2) is 34.0 Å². The Labute approximate surface area is 74.7 Å². The Morgan fingerprint density at radius 3 is 3.08 bits per heavy atom. The maximum absolute atomic E-state index is 11.3. The van der Waals surface area contributed by atoms with Crippen molar-refractivity contribution in [3.05, 3.63) is 0 Å². The zero-order valence-corrected chi connectivity index (χ0v) is 7.61. The second-order valence-corrected chi connectivity index (χ2v) is 4.78. The fraction of sp³-hybridized carbons (Fsp3) is 0.714. The first-order chi connectivity index (χ1) is 5.62. The number of thioether (sulfide) groups is 1. The van der Waals surface area contributed by atoms with Gasteiger partial charge in [-0.15, -0.1) is 11.8 Å². The lowest BCUT2D eigenvalue weighted by Crippen LogP contribution is -2.57. The topological polar surface area (TPSA) is 49.4 Å². The van der Waals surface area contributed by atoms with Crippen LogP contribution >= 0.6 is 11.8 Å². The van der Waals surface area contributed by atoms with Crippen LogP contribution in [0.5, 0.6) is 0 Å². The van der Waals surface area contributed by atoms with Crippen molar-refractivity contribution >= 4 is 23.7 Å². The third-order valence-electron chi connectivity index (χ3n) is 2.28. The van der Waals surface area contributed by atoms with Gasteiger partial charge >= 0.3 is 6.03 Å². The van der Waals surface area contributed by atoms with Crippen molar-refractivity contribution in [2.75, 3.05) is 12.3 Å². The zero-order valence-electron chi connectivity index (χ0n) is 6.79. The highest BCUT2D eigenvalue weighted by molar-refractivity contribution is 8.00. The molecule has 1 unspecified atom stereocenters. The van der Waals surface area contributed by atoms with E-state index in [4.69, 9.17) is 0 Å². The number of hydrogen-bond acceptors (Lipinski definition) is 3. The molecule has 2 aliphatic rings. The highest BCUT2D eigenvalue weighted by Crippen LogP contribution is 2.39. The van der Waals surface area contributed by atoms with Gasteiger partial charge in [0.05, 0.1) is 11.3 Å². The van der Waals surface area contributed by atoms with E-state index in [0.717, 1.165) is 12.3 Å². The molecule has 1 atom stereocenters. The Morgan fingerprint density at radius 2 is 2.33 bits per heavy atom. The monoisotopic (exact) mass is 186 g/mol. The summed E-state index contributed by atoms with van der Waals surface area (Å²) < 4.78 is 0. The molecule has 3 amide bonds. The first-order valence-electron chi connectivity index (χ1n) is 3.87. The van der Waals surface area contributed by atoms with Crippen molar-refractivity contribution in [2.24, 2.45) is 0 Å². The number of fused-ring (bicyclic) bond motifs is 1. The highest BCUT2D eigenvalue weighted by Gasteiger charge is 2.45. The van der Waals surface area contributed by atoms with Crippen LogP contribution in [0.2, 0.25) is 0 Å². The van der Waals surface area contributed by atoms with Crippen molar-refractivity contribution in [2.45, 2.75) is 18.2 Å². The van der Waals surface area contributed by atoms with Gasteiger partial charge < -0.3 is 4.90 Å². The number of urea groups is 1. The number of amides is 3. The minimum absolute atomic E-state index is 0.159. The number of nitrogens with one attached hydrogen (secondary N) is 1. The Hall–Kier alpha value is -0.710. The maximum atomic E-state index is 11.3. The smallest absolute Gasteiger partial charge is 0.309 e. The van der Waals surface area contributed by atoms with Crippen LogP contribution in [0.25, 0.3) is 0 Å². The van der Waals surface area contributed by atoms with E-state index in [1.54, 1.807) is 16.7 Å². The number of hydrogen-bond donors (Lipinski definition) is 1. The summed E-state index contributed by atoms with van der Waals surface area (Å²) >= 11 is 1.68. The van der Waals surface area contributed by atoms with E-state index in [1.165, 1.54) is 0 Å². The number of rotatable bonds is 0. The molecule has 0 aromatic carbocycles. The van der Waals surface area contributed by atoms with Gasteiger partial charge in [-0.1, -0.05) is 0 Å². The lowest BCUT2D eigenvalue weighted by atomic mass is 10.1. The molecule has 0 aliphatic carbocycles. The average Bonchev–Trinajstić information content (AvgIpc) is 2.29. The number of carbonyl (C=O) groups is 2. The number of nitrogens with zero attached hydrogens (tertiary/aromatic N) is 1. The lowest BCUT2D eigenvalue weighted by molar-refractivity contribution is -0.122. The summed E-state index contributed by atoms with van der Waals surface area (Å²) in [6, 6.07) is -0.237. The highest BCUT2D eigenvalue weighted by atomic mass is 32.2. The van der Waals surface area contributed by atoms with Crippen LogP contribution in [0.3, 0.4) is 0 Å². The van der Waals surface area contributed by atoms with Crippen LogP contribution in [0.4, 0.5) is 4.79 Å². The fourth-order valence-corrected chi connectivity index (χ4v) is 2.94. The molecule has 5 heteroatoms. The molecular formula is C7H10N2O2S. The third kappa shape index (κ3) is 0.998. The summed E-state index contributed by atoms with van der Waals surface area (Å²) in [5, 5.41) is 2.31. The SMILES string of the molecule is CC12CC(=O)NC(=O)N1CCS2. The molecule has 0 spiro atoms.